The van der Waals surface area contributed by atoms with Gasteiger partial charge in [0.1, 0.15) is 0 Å². The number of thiazole rings is 1. The van der Waals surface area contributed by atoms with Crippen LogP contribution in [-0.2, 0) is 11.2 Å². The Morgan fingerprint density at radius 2 is 2.11 bits per heavy atom. The molecule has 0 saturated carbocycles. The third-order valence-electron chi connectivity index (χ3n) is 5.14. The second-order valence-corrected chi connectivity index (χ2v) is 8.19. The highest BCUT2D eigenvalue weighted by Crippen LogP contribution is 2.33. The summed E-state index contributed by atoms with van der Waals surface area (Å²) >= 11 is 1.72. The SMILES string of the molecule is O=C(Cc1ccc2c(c1)OCO2)N[C@H]1CCCN(c2nc3ccccc3s2)C1. The van der Waals surface area contributed by atoms with E-state index in [1.165, 1.54) is 4.70 Å². The number of hydrogen-bond acceptors (Lipinski definition) is 6. The molecule has 1 aromatic heterocycles. The van der Waals surface area contributed by atoms with E-state index in [0.29, 0.717) is 12.2 Å². The van der Waals surface area contributed by atoms with Crippen molar-refractivity contribution in [2.45, 2.75) is 25.3 Å². The first kappa shape index (κ1) is 17.3. The van der Waals surface area contributed by atoms with Crippen LogP contribution in [0.15, 0.2) is 42.5 Å². The summed E-state index contributed by atoms with van der Waals surface area (Å²) in [6.07, 6.45) is 2.38. The maximum atomic E-state index is 12.6. The van der Waals surface area contributed by atoms with Gasteiger partial charge >= 0.3 is 0 Å². The average Bonchev–Trinajstić information content (AvgIpc) is 3.34. The Morgan fingerprint density at radius 1 is 1.21 bits per heavy atom. The van der Waals surface area contributed by atoms with Gasteiger partial charge in [0.2, 0.25) is 12.7 Å². The standard InChI is InChI=1S/C21H21N3O3S/c25-20(11-14-7-8-17-18(10-14)27-13-26-17)22-15-4-3-9-24(12-15)21-23-16-5-1-2-6-19(16)28-21/h1-2,5-8,10,15H,3-4,9,11-13H2,(H,22,25)/t15-/m0/s1. The monoisotopic (exact) mass is 395 g/mol. The largest absolute Gasteiger partial charge is 0.454 e. The Labute approximate surface area is 167 Å². The number of rotatable bonds is 4. The quantitative estimate of drug-likeness (QED) is 0.734. The molecule has 2 aromatic carbocycles. The third-order valence-corrected chi connectivity index (χ3v) is 6.24. The van der Waals surface area contributed by atoms with E-state index in [-0.39, 0.29) is 18.7 Å². The molecule has 3 heterocycles. The van der Waals surface area contributed by atoms with E-state index in [1.807, 2.05) is 36.4 Å². The number of fused-ring (bicyclic) bond motifs is 2. The van der Waals surface area contributed by atoms with E-state index >= 15 is 0 Å². The topological polar surface area (TPSA) is 63.7 Å². The fraction of sp³-hybridized carbons (Fsp3) is 0.333. The molecular weight excluding hydrogens is 374 g/mol. The lowest BCUT2D eigenvalue weighted by Gasteiger charge is -2.33. The second kappa shape index (κ2) is 7.31. The molecule has 1 atom stereocenters. The number of nitrogens with one attached hydrogen (secondary N) is 1. The first-order chi connectivity index (χ1) is 13.7. The predicted molar refractivity (Wildman–Crippen MR) is 109 cm³/mol. The van der Waals surface area contributed by atoms with E-state index in [0.717, 1.165) is 47.9 Å². The fourth-order valence-corrected chi connectivity index (χ4v) is 4.78. The van der Waals surface area contributed by atoms with E-state index < -0.39 is 0 Å². The van der Waals surface area contributed by atoms with Gasteiger partial charge in [-0.1, -0.05) is 29.5 Å². The number of nitrogens with zero attached hydrogens (tertiary/aromatic N) is 2. The molecule has 0 aliphatic carbocycles. The van der Waals surface area contributed by atoms with Crippen molar-refractivity contribution < 1.29 is 14.3 Å². The van der Waals surface area contributed by atoms with Crippen LogP contribution in [0.3, 0.4) is 0 Å². The Kier molecular flexibility index (Phi) is 4.52. The zero-order valence-corrected chi connectivity index (χ0v) is 16.2. The van der Waals surface area contributed by atoms with Crippen LogP contribution in [0.2, 0.25) is 0 Å². The van der Waals surface area contributed by atoms with Crippen LogP contribution in [0, 0.1) is 0 Å². The molecule has 0 radical (unpaired) electrons. The average molecular weight is 395 g/mol. The van der Waals surface area contributed by atoms with Gasteiger partial charge in [0.25, 0.3) is 0 Å². The number of piperidine rings is 1. The number of hydrogen-bond donors (Lipinski definition) is 1. The Balaban J connectivity index is 1.22. The maximum absolute atomic E-state index is 12.6. The van der Waals surface area contributed by atoms with Gasteiger partial charge in [-0.2, -0.15) is 0 Å². The lowest BCUT2D eigenvalue weighted by atomic mass is 10.1. The Hall–Kier alpha value is -2.80. The number of carbonyl (C=O) groups is 1. The number of para-hydroxylation sites is 1. The maximum Gasteiger partial charge on any atom is 0.231 e. The van der Waals surface area contributed by atoms with Gasteiger partial charge < -0.3 is 19.7 Å². The van der Waals surface area contributed by atoms with Crippen molar-refractivity contribution in [3.8, 4) is 11.5 Å². The Bertz CT molecular complexity index is 986. The summed E-state index contributed by atoms with van der Waals surface area (Å²) in [6.45, 7) is 2.02. The van der Waals surface area contributed by atoms with E-state index in [9.17, 15) is 4.79 Å². The fourth-order valence-electron chi connectivity index (χ4n) is 3.78. The van der Waals surface area contributed by atoms with E-state index in [1.54, 1.807) is 11.3 Å². The van der Waals surface area contributed by atoms with Crippen LogP contribution in [0.25, 0.3) is 10.2 Å². The summed E-state index contributed by atoms with van der Waals surface area (Å²) in [5.41, 5.74) is 1.97. The summed E-state index contributed by atoms with van der Waals surface area (Å²) in [7, 11) is 0. The number of anilines is 1. The van der Waals surface area contributed by atoms with Crippen LogP contribution < -0.4 is 19.7 Å². The molecule has 0 spiro atoms. The van der Waals surface area contributed by atoms with Crippen LogP contribution >= 0.6 is 11.3 Å². The molecule has 1 saturated heterocycles. The minimum Gasteiger partial charge on any atom is -0.454 e. The minimum absolute atomic E-state index is 0.0371. The van der Waals surface area contributed by atoms with Crippen LogP contribution in [0.1, 0.15) is 18.4 Å². The van der Waals surface area contributed by atoms with E-state index in [2.05, 4.69) is 16.3 Å². The smallest absolute Gasteiger partial charge is 0.231 e. The number of ether oxygens (including phenoxy) is 2. The molecular formula is C21H21N3O3S. The Morgan fingerprint density at radius 3 is 3.04 bits per heavy atom. The zero-order chi connectivity index (χ0) is 18.9. The van der Waals surface area contributed by atoms with Crippen molar-refractivity contribution in [2.75, 3.05) is 24.8 Å². The predicted octanol–water partition coefficient (Wildman–Crippen LogP) is 3.35. The molecule has 5 rings (SSSR count). The molecule has 2 aliphatic heterocycles. The molecule has 1 N–H and O–H groups in total. The number of benzene rings is 2. The zero-order valence-electron chi connectivity index (χ0n) is 15.4. The number of amides is 1. The van der Waals surface area contributed by atoms with Crippen molar-refractivity contribution in [3.63, 3.8) is 0 Å². The molecule has 1 amide bonds. The molecule has 0 bridgehead atoms. The highest BCUT2D eigenvalue weighted by molar-refractivity contribution is 7.22. The van der Waals surface area contributed by atoms with E-state index in [4.69, 9.17) is 14.5 Å². The van der Waals surface area contributed by atoms with Gasteiger partial charge in [-0.15, -0.1) is 0 Å². The van der Waals surface area contributed by atoms with Crippen molar-refractivity contribution in [1.29, 1.82) is 0 Å². The van der Waals surface area contributed by atoms with Crippen LogP contribution in [0.5, 0.6) is 11.5 Å². The van der Waals surface area contributed by atoms with Gasteiger partial charge in [-0.3, -0.25) is 4.79 Å². The summed E-state index contributed by atoms with van der Waals surface area (Å²) in [5, 5.41) is 4.23. The molecule has 0 unspecified atom stereocenters. The summed E-state index contributed by atoms with van der Waals surface area (Å²) in [5.74, 6) is 1.49. The third kappa shape index (κ3) is 3.49. The van der Waals surface area contributed by atoms with Gasteiger partial charge in [-0.25, -0.2) is 4.98 Å². The molecule has 6 nitrogen and oxygen atoms in total. The molecule has 144 valence electrons. The highest BCUT2D eigenvalue weighted by Gasteiger charge is 2.24. The molecule has 3 aromatic rings. The highest BCUT2D eigenvalue weighted by atomic mass is 32.1. The summed E-state index contributed by atoms with van der Waals surface area (Å²) in [6, 6.07) is 14.0. The first-order valence-corrected chi connectivity index (χ1v) is 10.3. The molecule has 7 heteroatoms. The number of aromatic nitrogens is 1. The van der Waals surface area contributed by atoms with Gasteiger partial charge in [-0.05, 0) is 42.7 Å². The lowest BCUT2D eigenvalue weighted by molar-refractivity contribution is -0.121. The van der Waals surface area contributed by atoms with Crippen molar-refractivity contribution in [3.05, 3.63) is 48.0 Å². The molecule has 28 heavy (non-hydrogen) atoms. The van der Waals surface area contributed by atoms with Crippen molar-refractivity contribution in [1.82, 2.24) is 10.3 Å². The van der Waals surface area contributed by atoms with Crippen LogP contribution in [0.4, 0.5) is 5.13 Å². The van der Waals surface area contributed by atoms with Crippen molar-refractivity contribution in [2.24, 2.45) is 0 Å². The minimum atomic E-state index is 0.0371. The van der Waals surface area contributed by atoms with Crippen LogP contribution in [-0.4, -0.2) is 36.8 Å². The molecule has 2 aliphatic rings. The summed E-state index contributed by atoms with van der Waals surface area (Å²) < 4.78 is 11.9. The van der Waals surface area contributed by atoms with Gasteiger partial charge in [0.05, 0.1) is 16.6 Å². The number of carbonyl (C=O) groups excluding carboxylic acids is 1. The lowest BCUT2D eigenvalue weighted by Crippen LogP contribution is -2.48. The molecule has 1 fully saturated rings. The normalized spacial score (nSPS) is 18.4. The van der Waals surface area contributed by atoms with Gasteiger partial charge in [0, 0.05) is 19.1 Å². The first-order valence-electron chi connectivity index (χ1n) is 9.53. The summed E-state index contributed by atoms with van der Waals surface area (Å²) in [4.78, 5) is 19.6. The van der Waals surface area contributed by atoms with Gasteiger partial charge in [0.15, 0.2) is 16.6 Å². The van der Waals surface area contributed by atoms with Crippen molar-refractivity contribution >= 4 is 32.6 Å². The second-order valence-electron chi connectivity index (χ2n) is 7.18.